The van der Waals surface area contributed by atoms with Gasteiger partial charge >= 0.3 is 0 Å². The lowest BCUT2D eigenvalue weighted by Crippen LogP contribution is -2.40. The highest BCUT2D eigenvalue weighted by Crippen LogP contribution is 2.40. The quantitative estimate of drug-likeness (QED) is 0.505. The van der Waals surface area contributed by atoms with E-state index in [1.807, 2.05) is 0 Å². The molecule has 0 unspecified atom stereocenters. The Morgan fingerprint density at radius 1 is 1.07 bits per heavy atom. The minimum atomic E-state index is -3.94. The first-order valence-electron chi connectivity index (χ1n) is 7.78. The number of sulfonamides is 1. The molecular formula is C16H14Cl2N2O5S2. The Labute approximate surface area is 170 Å². The Kier molecular flexibility index (Phi) is 6.29. The second-order valence-electron chi connectivity index (χ2n) is 5.58. The molecule has 0 aliphatic carbocycles. The molecule has 0 N–H and O–H groups in total. The van der Waals surface area contributed by atoms with Gasteiger partial charge < -0.3 is 4.74 Å². The number of ether oxygens (including phenoxy) is 1. The number of nitro benzene ring substituents is 1. The van der Waals surface area contributed by atoms with E-state index in [1.165, 1.54) is 16.4 Å². The maximum Gasteiger partial charge on any atom is 0.270 e. The molecule has 0 spiro atoms. The molecule has 3 rings (SSSR count). The van der Waals surface area contributed by atoms with Gasteiger partial charge in [-0.2, -0.15) is 4.31 Å². The number of morpholine rings is 1. The predicted molar refractivity (Wildman–Crippen MR) is 103 cm³/mol. The van der Waals surface area contributed by atoms with Crippen LogP contribution in [0.15, 0.2) is 51.1 Å². The van der Waals surface area contributed by atoms with Gasteiger partial charge in [0.15, 0.2) is 0 Å². The van der Waals surface area contributed by atoms with Gasteiger partial charge in [0.1, 0.15) is 4.90 Å². The number of benzene rings is 2. The zero-order valence-corrected chi connectivity index (χ0v) is 16.9. The second kappa shape index (κ2) is 8.34. The molecular weight excluding hydrogens is 435 g/mol. The van der Waals surface area contributed by atoms with Gasteiger partial charge in [0.05, 0.1) is 23.2 Å². The Hall–Kier alpha value is -1.36. The number of hydrogen-bond acceptors (Lipinski definition) is 6. The van der Waals surface area contributed by atoms with Gasteiger partial charge in [-0.3, -0.25) is 10.1 Å². The third kappa shape index (κ3) is 4.56. The first-order valence-corrected chi connectivity index (χ1v) is 10.8. The minimum Gasteiger partial charge on any atom is -0.379 e. The van der Waals surface area contributed by atoms with Crippen LogP contribution in [0.1, 0.15) is 0 Å². The third-order valence-corrected chi connectivity index (χ3v) is 7.72. The highest BCUT2D eigenvalue weighted by atomic mass is 35.5. The lowest BCUT2D eigenvalue weighted by atomic mass is 10.3. The lowest BCUT2D eigenvalue weighted by Gasteiger charge is -2.26. The van der Waals surface area contributed by atoms with Crippen molar-refractivity contribution in [2.75, 3.05) is 26.3 Å². The minimum absolute atomic E-state index is 0.139. The molecule has 7 nitrogen and oxygen atoms in total. The SMILES string of the molecule is O=[N+]([O-])c1ccc(Sc2cc(Cl)ccc2Cl)c(S(=O)(=O)N2CCOCC2)c1. The summed E-state index contributed by atoms with van der Waals surface area (Å²) in [5.74, 6) is 0. The maximum atomic E-state index is 13.1. The van der Waals surface area contributed by atoms with Crippen molar-refractivity contribution in [3.8, 4) is 0 Å². The molecule has 1 fully saturated rings. The molecule has 0 amide bonds. The fourth-order valence-corrected chi connectivity index (χ4v) is 5.79. The van der Waals surface area contributed by atoms with Crippen LogP contribution in [-0.4, -0.2) is 43.9 Å². The normalized spacial score (nSPS) is 15.6. The molecule has 1 aliphatic rings. The Balaban J connectivity index is 2.08. The van der Waals surface area contributed by atoms with Gasteiger partial charge in [0.2, 0.25) is 10.0 Å². The molecule has 144 valence electrons. The van der Waals surface area contributed by atoms with Crippen LogP contribution >= 0.6 is 35.0 Å². The van der Waals surface area contributed by atoms with Crippen molar-refractivity contribution >= 4 is 50.7 Å². The van der Waals surface area contributed by atoms with Crippen molar-refractivity contribution in [1.29, 1.82) is 0 Å². The van der Waals surface area contributed by atoms with E-state index in [9.17, 15) is 18.5 Å². The average molecular weight is 449 g/mol. The summed E-state index contributed by atoms with van der Waals surface area (Å²) in [5.41, 5.74) is -0.302. The van der Waals surface area contributed by atoms with Crippen LogP contribution in [0.4, 0.5) is 5.69 Å². The molecule has 1 heterocycles. The summed E-state index contributed by atoms with van der Waals surface area (Å²) >= 11 is 13.3. The highest BCUT2D eigenvalue weighted by molar-refractivity contribution is 8.00. The van der Waals surface area contributed by atoms with E-state index in [4.69, 9.17) is 27.9 Å². The molecule has 0 radical (unpaired) electrons. The Morgan fingerprint density at radius 2 is 1.78 bits per heavy atom. The monoisotopic (exact) mass is 448 g/mol. The van der Waals surface area contributed by atoms with Gasteiger partial charge in [0, 0.05) is 40.0 Å². The van der Waals surface area contributed by atoms with E-state index in [1.54, 1.807) is 18.2 Å². The standard InChI is InChI=1S/C16H14Cl2N2O5S2/c17-11-1-3-13(18)15(9-11)26-14-4-2-12(20(21)22)10-16(14)27(23,24)19-5-7-25-8-6-19/h1-4,9-10H,5-8H2. The van der Waals surface area contributed by atoms with E-state index in [2.05, 4.69) is 0 Å². The van der Waals surface area contributed by atoms with Gasteiger partial charge in [-0.1, -0.05) is 35.0 Å². The van der Waals surface area contributed by atoms with Gasteiger partial charge in [-0.25, -0.2) is 8.42 Å². The topological polar surface area (TPSA) is 89.8 Å². The van der Waals surface area contributed by atoms with Crippen molar-refractivity contribution in [2.24, 2.45) is 0 Å². The van der Waals surface area contributed by atoms with Crippen molar-refractivity contribution in [2.45, 2.75) is 14.7 Å². The lowest BCUT2D eigenvalue weighted by molar-refractivity contribution is -0.385. The molecule has 11 heteroatoms. The largest absolute Gasteiger partial charge is 0.379 e. The summed E-state index contributed by atoms with van der Waals surface area (Å²) in [5, 5.41) is 12.0. The first kappa shape index (κ1) is 20.4. The van der Waals surface area contributed by atoms with E-state index in [-0.39, 0.29) is 36.9 Å². The van der Waals surface area contributed by atoms with Gasteiger partial charge in [-0.05, 0) is 24.3 Å². The van der Waals surface area contributed by atoms with Crippen LogP contribution < -0.4 is 0 Å². The second-order valence-corrected chi connectivity index (χ2v) is 9.42. The maximum absolute atomic E-state index is 13.1. The van der Waals surface area contributed by atoms with Crippen LogP contribution in [0, 0.1) is 10.1 Å². The predicted octanol–water partition coefficient (Wildman–Crippen LogP) is 4.07. The summed E-state index contributed by atoms with van der Waals surface area (Å²) in [7, 11) is -3.94. The van der Waals surface area contributed by atoms with E-state index >= 15 is 0 Å². The number of nitrogens with zero attached hydrogens (tertiary/aromatic N) is 2. The van der Waals surface area contributed by atoms with Crippen molar-refractivity contribution in [3.63, 3.8) is 0 Å². The van der Waals surface area contributed by atoms with Crippen LogP contribution in [-0.2, 0) is 14.8 Å². The number of nitro groups is 1. The van der Waals surface area contributed by atoms with E-state index in [0.29, 0.717) is 19.8 Å². The summed E-state index contributed by atoms with van der Waals surface area (Å²) in [6.07, 6.45) is 0. The molecule has 1 aliphatic heterocycles. The number of rotatable bonds is 5. The molecule has 0 aromatic heterocycles. The van der Waals surface area contributed by atoms with Gasteiger partial charge in [-0.15, -0.1) is 0 Å². The fourth-order valence-electron chi connectivity index (χ4n) is 2.50. The zero-order valence-electron chi connectivity index (χ0n) is 13.8. The van der Waals surface area contributed by atoms with Crippen LogP contribution in [0.3, 0.4) is 0 Å². The first-order chi connectivity index (χ1) is 12.8. The highest BCUT2D eigenvalue weighted by Gasteiger charge is 2.30. The van der Waals surface area contributed by atoms with E-state index < -0.39 is 14.9 Å². The Bertz CT molecular complexity index is 979. The molecule has 2 aromatic rings. The molecule has 0 atom stereocenters. The van der Waals surface area contributed by atoms with Crippen LogP contribution in [0.2, 0.25) is 10.0 Å². The number of halogens is 2. The van der Waals surface area contributed by atoms with Crippen molar-refractivity contribution in [3.05, 3.63) is 56.6 Å². The van der Waals surface area contributed by atoms with Crippen molar-refractivity contribution < 1.29 is 18.1 Å². The van der Waals surface area contributed by atoms with Crippen molar-refractivity contribution in [1.82, 2.24) is 4.31 Å². The summed E-state index contributed by atoms with van der Waals surface area (Å²) in [4.78, 5) is 11.3. The Morgan fingerprint density at radius 3 is 2.44 bits per heavy atom. The van der Waals surface area contributed by atoms with Gasteiger partial charge in [0.25, 0.3) is 5.69 Å². The molecule has 27 heavy (non-hydrogen) atoms. The fraction of sp³-hybridized carbons (Fsp3) is 0.250. The zero-order chi connectivity index (χ0) is 19.6. The number of hydrogen-bond donors (Lipinski definition) is 0. The molecule has 2 aromatic carbocycles. The van der Waals surface area contributed by atoms with Crippen LogP contribution in [0.25, 0.3) is 0 Å². The van der Waals surface area contributed by atoms with E-state index in [0.717, 1.165) is 17.8 Å². The molecule has 1 saturated heterocycles. The smallest absolute Gasteiger partial charge is 0.270 e. The summed E-state index contributed by atoms with van der Waals surface area (Å²) < 4.78 is 32.7. The summed E-state index contributed by atoms with van der Waals surface area (Å²) in [6.45, 7) is 0.924. The molecule has 0 saturated carbocycles. The molecule has 0 bridgehead atoms. The number of non-ortho nitro benzene ring substituents is 1. The average Bonchev–Trinajstić information content (AvgIpc) is 2.65. The third-order valence-electron chi connectivity index (χ3n) is 3.84. The van der Waals surface area contributed by atoms with Crippen LogP contribution in [0.5, 0.6) is 0 Å². The summed E-state index contributed by atoms with van der Waals surface area (Å²) in [6, 6.07) is 8.59.